The molecule has 106 valence electrons. The summed E-state index contributed by atoms with van der Waals surface area (Å²) in [6.07, 6.45) is 2.48. The van der Waals surface area contributed by atoms with Crippen molar-refractivity contribution in [3.8, 4) is 0 Å². The molecule has 0 aromatic rings. The normalized spacial score (nSPS) is 34.7. The van der Waals surface area contributed by atoms with E-state index in [4.69, 9.17) is 0 Å². The zero-order valence-corrected chi connectivity index (χ0v) is 11.0. The van der Waals surface area contributed by atoms with Crippen LogP contribution in [0.25, 0.3) is 0 Å². The molecular weight excluding hydrogens is 246 g/mol. The zero-order chi connectivity index (χ0) is 13.4. The van der Waals surface area contributed by atoms with Gasteiger partial charge in [0.15, 0.2) is 0 Å². The van der Waals surface area contributed by atoms with Crippen LogP contribution in [0, 0.1) is 5.92 Å². The minimum atomic E-state index is -0.743. The van der Waals surface area contributed by atoms with Crippen molar-refractivity contribution >= 4 is 11.9 Å². The fraction of sp³-hybridized carbons (Fsp3) is 0.846. The molecule has 0 radical (unpaired) electrons. The standard InChI is InChI=1S/C13H21N3O3/c17-12(8-15-5-3-14-4-6-15)16-9-1-2-11(16)10(7-9)13(18)19/h9-11,14H,1-8H2,(H,18,19). The van der Waals surface area contributed by atoms with Crippen LogP contribution >= 0.6 is 0 Å². The summed E-state index contributed by atoms with van der Waals surface area (Å²) in [7, 11) is 0. The Kier molecular flexibility index (Phi) is 3.45. The number of hydrogen-bond donors (Lipinski definition) is 2. The second-order valence-electron chi connectivity index (χ2n) is 5.81. The summed E-state index contributed by atoms with van der Waals surface area (Å²) in [5.41, 5.74) is 0. The number of amides is 1. The van der Waals surface area contributed by atoms with E-state index in [1.165, 1.54) is 0 Å². The summed E-state index contributed by atoms with van der Waals surface area (Å²) in [6, 6.07) is 0.111. The fourth-order valence-corrected chi connectivity index (χ4v) is 3.78. The number of hydrogen-bond acceptors (Lipinski definition) is 4. The van der Waals surface area contributed by atoms with Crippen molar-refractivity contribution in [2.24, 2.45) is 5.92 Å². The number of rotatable bonds is 3. The van der Waals surface area contributed by atoms with E-state index < -0.39 is 5.97 Å². The Morgan fingerprint density at radius 3 is 2.58 bits per heavy atom. The number of aliphatic carboxylic acids is 1. The number of carbonyl (C=O) groups excluding carboxylic acids is 1. The maximum Gasteiger partial charge on any atom is 0.308 e. The topological polar surface area (TPSA) is 72.9 Å². The third-order valence-corrected chi connectivity index (χ3v) is 4.71. The Balaban J connectivity index is 1.62. The summed E-state index contributed by atoms with van der Waals surface area (Å²) in [5, 5.41) is 12.5. The van der Waals surface area contributed by atoms with Gasteiger partial charge < -0.3 is 15.3 Å². The van der Waals surface area contributed by atoms with Crippen molar-refractivity contribution in [1.29, 1.82) is 0 Å². The second-order valence-corrected chi connectivity index (χ2v) is 5.81. The molecule has 3 aliphatic heterocycles. The van der Waals surface area contributed by atoms with Gasteiger partial charge in [0.1, 0.15) is 0 Å². The van der Waals surface area contributed by atoms with Gasteiger partial charge in [0.05, 0.1) is 12.5 Å². The smallest absolute Gasteiger partial charge is 0.308 e. The summed E-state index contributed by atoms with van der Waals surface area (Å²) in [5.74, 6) is -0.962. The molecule has 3 rings (SSSR count). The van der Waals surface area contributed by atoms with Crippen molar-refractivity contribution in [2.75, 3.05) is 32.7 Å². The first-order valence-electron chi connectivity index (χ1n) is 7.14. The molecule has 3 saturated heterocycles. The minimum Gasteiger partial charge on any atom is -0.481 e. The molecule has 3 aliphatic rings. The molecule has 0 aromatic heterocycles. The van der Waals surface area contributed by atoms with Crippen molar-refractivity contribution in [2.45, 2.75) is 31.3 Å². The third kappa shape index (κ3) is 2.34. The maximum atomic E-state index is 12.4. The Morgan fingerprint density at radius 2 is 1.95 bits per heavy atom. The molecule has 6 heteroatoms. The zero-order valence-electron chi connectivity index (χ0n) is 11.0. The van der Waals surface area contributed by atoms with Gasteiger partial charge in [-0.3, -0.25) is 14.5 Å². The van der Waals surface area contributed by atoms with E-state index in [-0.39, 0.29) is 23.9 Å². The Morgan fingerprint density at radius 1 is 1.21 bits per heavy atom. The predicted octanol–water partition coefficient (Wildman–Crippen LogP) is -0.644. The molecule has 2 bridgehead atoms. The number of fused-ring (bicyclic) bond motifs is 2. The highest BCUT2D eigenvalue weighted by Gasteiger charge is 2.51. The SMILES string of the molecule is O=C(O)C1CC2CCC1N2C(=O)CN1CCNCC1. The van der Waals surface area contributed by atoms with Gasteiger partial charge >= 0.3 is 5.97 Å². The van der Waals surface area contributed by atoms with Gasteiger partial charge in [-0.25, -0.2) is 0 Å². The molecule has 3 atom stereocenters. The predicted molar refractivity (Wildman–Crippen MR) is 68.7 cm³/mol. The molecule has 0 spiro atoms. The Bertz CT molecular complexity index is 381. The summed E-state index contributed by atoms with van der Waals surface area (Å²) < 4.78 is 0. The molecule has 2 N–H and O–H groups in total. The minimum absolute atomic E-state index is 0.0575. The number of nitrogens with one attached hydrogen (secondary N) is 1. The molecule has 6 nitrogen and oxygen atoms in total. The molecular formula is C13H21N3O3. The number of nitrogens with zero attached hydrogens (tertiary/aromatic N) is 2. The highest BCUT2D eigenvalue weighted by molar-refractivity contribution is 5.82. The summed E-state index contributed by atoms with van der Waals surface area (Å²) in [6.45, 7) is 4.10. The average molecular weight is 267 g/mol. The van der Waals surface area contributed by atoms with Crippen LogP contribution in [0.15, 0.2) is 0 Å². The molecule has 1 amide bonds. The first-order valence-corrected chi connectivity index (χ1v) is 7.14. The van der Waals surface area contributed by atoms with Gasteiger partial charge in [0.2, 0.25) is 5.91 Å². The lowest BCUT2D eigenvalue weighted by atomic mass is 9.89. The summed E-state index contributed by atoms with van der Waals surface area (Å²) in [4.78, 5) is 27.6. The molecule has 0 saturated carbocycles. The fourth-order valence-electron chi connectivity index (χ4n) is 3.78. The molecule has 0 aliphatic carbocycles. The van der Waals surface area contributed by atoms with Crippen LogP contribution in [0.4, 0.5) is 0 Å². The highest BCUT2D eigenvalue weighted by atomic mass is 16.4. The van der Waals surface area contributed by atoms with Crippen LogP contribution in [-0.4, -0.2) is 71.6 Å². The largest absolute Gasteiger partial charge is 0.481 e. The average Bonchev–Trinajstić information content (AvgIpc) is 2.97. The number of carboxylic acid groups (broad SMARTS) is 1. The van der Waals surface area contributed by atoms with Crippen molar-refractivity contribution in [3.05, 3.63) is 0 Å². The molecule has 3 fully saturated rings. The van der Waals surface area contributed by atoms with E-state index in [0.717, 1.165) is 39.0 Å². The molecule has 3 unspecified atom stereocenters. The van der Waals surface area contributed by atoms with Gasteiger partial charge in [-0.2, -0.15) is 0 Å². The lowest BCUT2D eigenvalue weighted by Gasteiger charge is -2.30. The van der Waals surface area contributed by atoms with Gasteiger partial charge in [-0.1, -0.05) is 0 Å². The summed E-state index contributed by atoms with van der Waals surface area (Å²) >= 11 is 0. The van der Waals surface area contributed by atoms with E-state index in [1.54, 1.807) is 0 Å². The van der Waals surface area contributed by atoms with Gasteiger partial charge in [0, 0.05) is 38.3 Å². The molecule has 0 aromatic carbocycles. The Hall–Kier alpha value is -1.14. The first-order chi connectivity index (χ1) is 9.16. The monoisotopic (exact) mass is 267 g/mol. The van der Waals surface area contributed by atoms with Crippen LogP contribution in [0.3, 0.4) is 0 Å². The number of piperazine rings is 1. The first kappa shape index (κ1) is 12.9. The van der Waals surface area contributed by atoms with E-state index in [0.29, 0.717) is 13.0 Å². The van der Waals surface area contributed by atoms with Crippen LogP contribution < -0.4 is 5.32 Å². The van der Waals surface area contributed by atoms with Crippen molar-refractivity contribution < 1.29 is 14.7 Å². The lowest BCUT2D eigenvalue weighted by Crippen LogP contribution is -2.49. The quantitative estimate of drug-likeness (QED) is 0.711. The third-order valence-electron chi connectivity index (χ3n) is 4.71. The van der Waals surface area contributed by atoms with E-state index >= 15 is 0 Å². The molecule has 19 heavy (non-hydrogen) atoms. The van der Waals surface area contributed by atoms with Crippen LogP contribution in [0.1, 0.15) is 19.3 Å². The Labute approximate surface area is 112 Å². The van der Waals surface area contributed by atoms with Crippen molar-refractivity contribution in [1.82, 2.24) is 15.1 Å². The number of carboxylic acids is 1. The molecule has 3 heterocycles. The van der Waals surface area contributed by atoms with E-state index in [1.807, 2.05) is 4.90 Å². The van der Waals surface area contributed by atoms with Gasteiger partial charge in [-0.05, 0) is 19.3 Å². The second kappa shape index (κ2) is 5.09. The van der Waals surface area contributed by atoms with Gasteiger partial charge in [0.25, 0.3) is 0 Å². The lowest BCUT2D eigenvalue weighted by molar-refractivity contribution is -0.143. The van der Waals surface area contributed by atoms with E-state index in [2.05, 4.69) is 10.2 Å². The van der Waals surface area contributed by atoms with Crippen LogP contribution in [-0.2, 0) is 9.59 Å². The van der Waals surface area contributed by atoms with Crippen LogP contribution in [0.5, 0.6) is 0 Å². The van der Waals surface area contributed by atoms with Gasteiger partial charge in [-0.15, -0.1) is 0 Å². The van der Waals surface area contributed by atoms with E-state index in [9.17, 15) is 14.7 Å². The highest BCUT2D eigenvalue weighted by Crippen LogP contribution is 2.41. The number of carbonyl (C=O) groups is 2. The van der Waals surface area contributed by atoms with Crippen LogP contribution in [0.2, 0.25) is 0 Å². The maximum absolute atomic E-state index is 12.4. The van der Waals surface area contributed by atoms with Crippen molar-refractivity contribution in [3.63, 3.8) is 0 Å².